The van der Waals surface area contributed by atoms with Crippen molar-refractivity contribution >= 4 is 32.8 Å². The fourth-order valence-electron chi connectivity index (χ4n) is 3.30. The van der Waals surface area contributed by atoms with E-state index in [0.717, 1.165) is 28.7 Å². The van der Waals surface area contributed by atoms with Gasteiger partial charge in [-0.3, -0.25) is 0 Å². The molecule has 3 aromatic rings. The van der Waals surface area contributed by atoms with Crippen molar-refractivity contribution in [3.8, 4) is 5.75 Å². The predicted molar refractivity (Wildman–Crippen MR) is 123 cm³/mol. The van der Waals surface area contributed by atoms with Crippen molar-refractivity contribution in [2.75, 3.05) is 25.4 Å². The van der Waals surface area contributed by atoms with Gasteiger partial charge in [-0.1, -0.05) is 43.3 Å². The number of fused-ring (bicyclic) bond motifs is 1. The van der Waals surface area contributed by atoms with Crippen LogP contribution < -0.4 is 4.74 Å². The summed E-state index contributed by atoms with van der Waals surface area (Å²) in [6.07, 6.45) is 0. The second-order valence-electron chi connectivity index (χ2n) is 6.89. The molecule has 6 nitrogen and oxygen atoms in total. The second kappa shape index (κ2) is 9.85. The van der Waals surface area contributed by atoms with E-state index in [0.29, 0.717) is 30.1 Å². The monoisotopic (exact) mass is 447 g/mol. The molecular formula is C22H29N3O3S2. The van der Waals surface area contributed by atoms with Gasteiger partial charge in [-0.05, 0) is 44.2 Å². The van der Waals surface area contributed by atoms with Crippen molar-refractivity contribution in [3.05, 3.63) is 48.0 Å². The van der Waals surface area contributed by atoms with E-state index in [1.807, 2.05) is 51.1 Å². The molecule has 8 heteroatoms. The summed E-state index contributed by atoms with van der Waals surface area (Å²) in [5.41, 5.74) is 2.85. The largest absolute Gasteiger partial charge is 0.493 e. The molecule has 0 saturated carbocycles. The molecule has 0 N–H and O–H groups in total. The number of ether oxygens (including phenoxy) is 1. The van der Waals surface area contributed by atoms with E-state index in [2.05, 4.69) is 11.5 Å². The van der Waals surface area contributed by atoms with Gasteiger partial charge in [0.25, 0.3) is 0 Å². The zero-order valence-electron chi connectivity index (χ0n) is 18.0. The molecular weight excluding hydrogens is 418 g/mol. The fraction of sp³-hybridized carbons (Fsp3) is 0.409. The molecule has 0 atom stereocenters. The van der Waals surface area contributed by atoms with Crippen LogP contribution >= 0.6 is 11.8 Å². The Labute approximate surface area is 183 Å². The van der Waals surface area contributed by atoms with Crippen LogP contribution in [0.15, 0.2) is 52.5 Å². The molecule has 30 heavy (non-hydrogen) atoms. The average molecular weight is 448 g/mol. The lowest BCUT2D eigenvalue weighted by Crippen LogP contribution is -2.30. The summed E-state index contributed by atoms with van der Waals surface area (Å²) >= 11 is 1.62. The molecule has 0 radical (unpaired) electrons. The van der Waals surface area contributed by atoms with Crippen LogP contribution in [0.5, 0.6) is 5.75 Å². The Morgan fingerprint density at radius 3 is 2.40 bits per heavy atom. The number of hydrogen-bond donors (Lipinski definition) is 0. The average Bonchev–Trinajstić information content (AvgIpc) is 3.09. The Balaban J connectivity index is 1.76. The van der Waals surface area contributed by atoms with Crippen molar-refractivity contribution in [1.82, 2.24) is 13.9 Å². The highest BCUT2D eigenvalue weighted by atomic mass is 32.2. The third kappa shape index (κ3) is 4.82. The lowest BCUT2D eigenvalue weighted by molar-refractivity contribution is 0.343. The van der Waals surface area contributed by atoms with Crippen LogP contribution in [0.3, 0.4) is 0 Å². The maximum atomic E-state index is 12.8. The van der Waals surface area contributed by atoms with Gasteiger partial charge < -0.3 is 9.30 Å². The van der Waals surface area contributed by atoms with Gasteiger partial charge >= 0.3 is 0 Å². The highest BCUT2D eigenvalue weighted by Crippen LogP contribution is 2.27. The number of hydrogen-bond acceptors (Lipinski definition) is 5. The molecule has 0 spiro atoms. The zero-order valence-corrected chi connectivity index (χ0v) is 19.6. The molecule has 0 aliphatic rings. The first kappa shape index (κ1) is 22.7. The van der Waals surface area contributed by atoms with Crippen LogP contribution in [0.2, 0.25) is 0 Å². The molecule has 3 rings (SSSR count). The van der Waals surface area contributed by atoms with Crippen molar-refractivity contribution in [2.45, 2.75) is 44.3 Å². The van der Waals surface area contributed by atoms with Gasteiger partial charge in [0.05, 0.1) is 22.5 Å². The van der Waals surface area contributed by atoms with Gasteiger partial charge in [0, 0.05) is 25.4 Å². The lowest BCUT2D eigenvalue weighted by atomic mass is 10.2. The summed E-state index contributed by atoms with van der Waals surface area (Å²) in [5.74, 6) is 1.61. The van der Waals surface area contributed by atoms with Gasteiger partial charge in [0.15, 0.2) is 5.16 Å². The predicted octanol–water partition coefficient (Wildman–Crippen LogP) is 4.57. The normalized spacial score (nSPS) is 12.0. The number of nitrogens with zero attached hydrogens (tertiary/aromatic N) is 3. The van der Waals surface area contributed by atoms with Gasteiger partial charge in [-0.2, -0.15) is 4.31 Å². The minimum absolute atomic E-state index is 0.290. The topological polar surface area (TPSA) is 64.4 Å². The molecule has 1 aromatic heterocycles. The van der Waals surface area contributed by atoms with Crippen LogP contribution in [0.4, 0.5) is 0 Å². The van der Waals surface area contributed by atoms with E-state index in [9.17, 15) is 8.42 Å². The number of aromatic nitrogens is 2. The Hall–Kier alpha value is -2.03. The maximum absolute atomic E-state index is 12.8. The summed E-state index contributed by atoms with van der Waals surface area (Å²) < 4.78 is 35.0. The first-order chi connectivity index (χ1) is 14.4. The van der Waals surface area contributed by atoms with E-state index >= 15 is 0 Å². The molecule has 162 valence electrons. The third-order valence-corrected chi connectivity index (χ3v) is 7.93. The number of aryl methyl sites for hydroxylation is 2. The van der Waals surface area contributed by atoms with Crippen LogP contribution in [-0.2, 0) is 16.6 Å². The van der Waals surface area contributed by atoms with Crippen molar-refractivity contribution in [2.24, 2.45) is 0 Å². The quantitative estimate of drug-likeness (QED) is 0.337. The number of imidazole rings is 1. The molecule has 2 aromatic carbocycles. The number of thioether (sulfide) groups is 1. The summed E-state index contributed by atoms with van der Waals surface area (Å²) in [7, 11) is -3.50. The first-order valence-corrected chi connectivity index (χ1v) is 12.7. The zero-order chi connectivity index (χ0) is 21.7. The van der Waals surface area contributed by atoms with E-state index in [4.69, 9.17) is 9.72 Å². The second-order valence-corrected chi connectivity index (χ2v) is 9.89. The van der Waals surface area contributed by atoms with Crippen molar-refractivity contribution in [3.63, 3.8) is 0 Å². The van der Waals surface area contributed by atoms with E-state index in [-0.39, 0.29) is 0 Å². The molecule has 0 saturated heterocycles. The smallest absolute Gasteiger partial charge is 0.243 e. The molecule has 0 bridgehead atoms. The highest BCUT2D eigenvalue weighted by molar-refractivity contribution is 7.99. The minimum atomic E-state index is -3.50. The molecule has 0 aliphatic heterocycles. The molecule has 0 unspecified atom stereocenters. The summed E-state index contributed by atoms with van der Waals surface area (Å²) in [6, 6.07) is 13.2. The lowest BCUT2D eigenvalue weighted by Gasteiger charge is -2.18. The summed E-state index contributed by atoms with van der Waals surface area (Å²) in [5, 5.41) is 0.873. The highest BCUT2D eigenvalue weighted by Gasteiger charge is 2.23. The van der Waals surface area contributed by atoms with Crippen LogP contribution in [0.25, 0.3) is 11.0 Å². The Bertz CT molecular complexity index is 1090. The summed E-state index contributed by atoms with van der Waals surface area (Å²) in [4.78, 5) is 5.00. The van der Waals surface area contributed by atoms with Gasteiger partial charge in [-0.15, -0.1) is 0 Å². The molecule has 0 aliphatic carbocycles. The van der Waals surface area contributed by atoms with E-state index in [1.165, 1.54) is 9.87 Å². The SMILES string of the molecule is CCN(CC)S(=O)(=O)c1ccc2c(c1)nc(SCCOc1ccc(C)cc1)n2CC. The van der Waals surface area contributed by atoms with Crippen LogP contribution in [-0.4, -0.2) is 47.7 Å². The molecule has 1 heterocycles. The Morgan fingerprint density at radius 2 is 1.77 bits per heavy atom. The van der Waals surface area contributed by atoms with E-state index < -0.39 is 10.0 Å². The number of sulfonamides is 1. The maximum Gasteiger partial charge on any atom is 0.243 e. The van der Waals surface area contributed by atoms with E-state index in [1.54, 1.807) is 23.9 Å². The Morgan fingerprint density at radius 1 is 1.07 bits per heavy atom. The minimum Gasteiger partial charge on any atom is -0.493 e. The van der Waals surface area contributed by atoms with Crippen molar-refractivity contribution < 1.29 is 13.2 Å². The number of benzene rings is 2. The number of rotatable bonds is 10. The van der Waals surface area contributed by atoms with Gasteiger partial charge in [0.1, 0.15) is 5.75 Å². The van der Waals surface area contributed by atoms with Crippen LogP contribution in [0, 0.1) is 6.92 Å². The van der Waals surface area contributed by atoms with Gasteiger partial charge in [-0.25, -0.2) is 13.4 Å². The standard InChI is InChI=1S/C22H29N3O3S2/c1-5-24(6-2)30(26,27)19-12-13-21-20(16-19)23-22(25(21)7-3)29-15-14-28-18-10-8-17(4)9-11-18/h8-13,16H,5-7,14-15H2,1-4H3. The van der Waals surface area contributed by atoms with Crippen molar-refractivity contribution in [1.29, 1.82) is 0 Å². The third-order valence-electron chi connectivity index (χ3n) is 4.95. The first-order valence-electron chi connectivity index (χ1n) is 10.2. The molecule has 0 amide bonds. The molecule has 0 fully saturated rings. The van der Waals surface area contributed by atoms with Crippen LogP contribution in [0.1, 0.15) is 26.3 Å². The van der Waals surface area contributed by atoms with Gasteiger partial charge in [0.2, 0.25) is 10.0 Å². The Kier molecular flexibility index (Phi) is 7.44. The fourth-order valence-corrected chi connectivity index (χ4v) is 5.68. The summed E-state index contributed by atoms with van der Waals surface area (Å²) in [6.45, 7) is 10.0.